The van der Waals surface area contributed by atoms with Crippen LogP contribution >= 0.6 is 0 Å². The Balaban J connectivity index is 3.06. The lowest BCUT2D eigenvalue weighted by Crippen LogP contribution is -2.06. The van der Waals surface area contributed by atoms with Crippen LogP contribution < -0.4 is 9.47 Å². The lowest BCUT2D eigenvalue weighted by Gasteiger charge is -2.09. The average Bonchev–Trinajstić information content (AvgIpc) is 2.50. The van der Waals surface area contributed by atoms with Gasteiger partial charge in [-0.2, -0.15) is 5.26 Å². The van der Waals surface area contributed by atoms with Crippen molar-refractivity contribution in [1.29, 1.82) is 5.26 Å². The monoisotopic (exact) mass is 287 g/mol. The Morgan fingerprint density at radius 3 is 2.76 bits per heavy atom. The summed E-state index contributed by atoms with van der Waals surface area (Å²) >= 11 is 0. The molecule has 0 radical (unpaired) electrons. The molecule has 0 heterocycles. The molecule has 1 aromatic rings. The Hall–Kier alpha value is -2.74. The number of carbonyl (C=O) groups excluding carboxylic acids is 1. The molecule has 0 N–H and O–H groups in total. The van der Waals surface area contributed by atoms with Crippen molar-refractivity contribution in [3.63, 3.8) is 0 Å². The second kappa shape index (κ2) is 8.43. The maximum Gasteiger partial charge on any atom is 0.349 e. The van der Waals surface area contributed by atoms with E-state index in [0.717, 1.165) is 0 Å². The fraction of sp³-hybridized carbons (Fsp3) is 0.250. The van der Waals surface area contributed by atoms with Crippen LogP contribution in [0.2, 0.25) is 0 Å². The lowest BCUT2D eigenvalue weighted by molar-refractivity contribution is -0.137. The van der Waals surface area contributed by atoms with Gasteiger partial charge in [-0.05, 0) is 30.7 Å². The molecule has 0 spiro atoms. The highest BCUT2D eigenvalue weighted by atomic mass is 16.5. The SMILES string of the molecule is C=CCOC(=O)/C(C#N)=C/c1ccc(OC)c(OCC)c1. The van der Waals surface area contributed by atoms with Gasteiger partial charge in [-0.15, -0.1) is 0 Å². The molecule has 0 atom stereocenters. The third kappa shape index (κ3) is 4.69. The first-order valence-corrected chi connectivity index (χ1v) is 6.36. The van der Waals surface area contributed by atoms with Crippen LogP contribution in [0, 0.1) is 11.3 Å². The van der Waals surface area contributed by atoms with Gasteiger partial charge in [-0.25, -0.2) is 4.79 Å². The Labute approximate surface area is 124 Å². The van der Waals surface area contributed by atoms with Gasteiger partial charge >= 0.3 is 5.97 Å². The van der Waals surface area contributed by atoms with Gasteiger partial charge < -0.3 is 14.2 Å². The molecule has 1 aromatic carbocycles. The van der Waals surface area contributed by atoms with E-state index in [0.29, 0.717) is 23.7 Å². The predicted octanol–water partition coefficient (Wildman–Crippen LogP) is 2.73. The van der Waals surface area contributed by atoms with Crippen molar-refractivity contribution in [3.8, 4) is 17.6 Å². The summed E-state index contributed by atoms with van der Waals surface area (Å²) in [5, 5.41) is 9.03. The minimum Gasteiger partial charge on any atom is -0.493 e. The zero-order valence-electron chi connectivity index (χ0n) is 12.1. The molecule has 110 valence electrons. The summed E-state index contributed by atoms with van der Waals surface area (Å²) in [7, 11) is 1.54. The summed E-state index contributed by atoms with van der Waals surface area (Å²) in [6.45, 7) is 5.84. The molecule has 0 aliphatic carbocycles. The van der Waals surface area contributed by atoms with E-state index in [1.165, 1.54) is 12.2 Å². The van der Waals surface area contributed by atoms with Crippen molar-refractivity contribution in [3.05, 3.63) is 42.0 Å². The largest absolute Gasteiger partial charge is 0.493 e. The summed E-state index contributed by atoms with van der Waals surface area (Å²) in [6, 6.07) is 6.95. The van der Waals surface area contributed by atoms with Crippen LogP contribution in [-0.2, 0) is 9.53 Å². The van der Waals surface area contributed by atoms with E-state index in [1.54, 1.807) is 25.3 Å². The highest BCUT2D eigenvalue weighted by Gasteiger charge is 2.11. The van der Waals surface area contributed by atoms with Crippen molar-refractivity contribution in [2.45, 2.75) is 6.92 Å². The van der Waals surface area contributed by atoms with E-state index in [2.05, 4.69) is 6.58 Å². The van der Waals surface area contributed by atoms with Gasteiger partial charge in [-0.3, -0.25) is 0 Å². The van der Waals surface area contributed by atoms with Crippen LogP contribution in [0.1, 0.15) is 12.5 Å². The van der Waals surface area contributed by atoms with Gasteiger partial charge in [-0.1, -0.05) is 18.7 Å². The summed E-state index contributed by atoms with van der Waals surface area (Å²) < 4.78 is 15.4. The van der Waals surface area contributed by atoms with Gasteiger partial charge in [0.1, 0.15) is 18.2 Å². The van der Waals surface area contributed by atoms with Gasteiger partial charge in [0, 0.05) is 0 Å². The van der Waals surface area contributed by atoms with E-state index in [4.69, 9.17) is 19.5 Å². The van der Waals surface area contributed by atoms with Gasteiger partial charge in [0.05, 0.1) is 13.7 Å². The van der Waals surface area contributed by atoms with Crippen LogP contribution in [0.15, 0.2) is 36.4 Å². The van der Waals surface area contributed by atoms with Crippen molar-refractivity contribution < 1.29 is 19.0 Å². The van der Waals surface area contributed by atoms with Gasteiger partial charge in [0.2, 0.25) is 0 Å². The van der Waals surface area contributed by atoms with Crippen LogP contribution in [-0.4, -0.2) is 26.3 Å². The predicted molar refractivity (Wildman–Crippen MR) is 78.9 cm³/mol. The number of ether oxygens (including phenoxy) is 3. The number of hydrogen-bond acceptors (Lipinski definition) is 5. The van der Waals surface area contributed by atoms with Gasteiger partial charge in [0.15, 0.2) is 11.5 Å². The van der Waals surface area contributed by atoms with Crippen molar-refractivity contribution >= 4 is 12.0 Å². The second-order valence-electron chi connectivity index (χ2n) is 3.90. The van der Waals surface area contributed by atoms with E-state index in [9.17, 15) is 4.79 Å². The standard InChI is InChI=1S/C16H17NO4/c1-4-8-21-16(18)13(11-17)9-12-6-7-14(19-3)15(10-12)20-5-2/h4,6-7,9-10H,1,5,8H2,2-3H3/b13-9+. The number of benzene rings is 1. The molecule has 0 aliphatic heterocycles. The van der Waals surface area contributed by atoms with E-state index >= 15 is 0 Å². The zero-order valence-corrected chi connectivity index (χ0v) is 12.1. The third-order valence-electron chi connectivity index (χ3n) is 2.47. The molecule has 0 saturated carbocycles. The van der Waals surface area contributed by atoms with Gasteiger partial charge in [0.25, 0.3) is 0 Å². The first-order valence-electron chi connectivity index (χ1n) is 6.36. The number of nitrogens with zero attached hydrogens (tertiary/aromatic N) is 1. The molecule has 0 aliphatic rings. The number of rotatable bonds is 7. The fourth-order valence-corrected chi connectivity index (χ4v) is 1.57. The van der Waals surface area contributed by atoms with Crippen molar-refractivity contribution in [2.24, 2.45) is 0 Å². The molecular weight excluding hydrogens is 270 g/mol. The molecule has 0 fully saturated rings. The maximum atomic E-state index is 11.7. The molecule has 0 aromatic heterocycles. The molecule has 5 nitrogen and oxygen atoms in total. The van der Waals surface area contributed by atoms with Crippen LogP contribution in [0.3, 0.4) is 0 Å². The number of methoxy groups -OCH3 is 1. The molecular formula is C16H17NO4. The molecule has 0 unspecified atom stereocenters. The Bertz CT molecular complexity index is 584. The Morgan fingerprint density at radius 1 is 1.43 bits per heavy atom. The number of nitriles is 1. The lowest BCUT2D eigenvalue weighted by atomic mass is 10.1. The summed E-state index contributed by atoms with van der Waals surface area (Å²) in [5.41, 5.74) is 0.552. The maximum absolute atomic E-state index is 11.7. The molecule has 1 rings (SSSR count). The molecule has 0 amide bonds. The molecule has 21 heavy (non-hydrogen) atoms. The zero-order chi connectivity index (χ0) is 15.7. The topological polar surface area (TPSA) is 68.6 Å². The first-order chi connectivity index (χ1) is 10.2. The Morgan fingerprint density at radius 2 is 2.19 bits per heavy atom. The quantitative estimate of drug-likeness (QED) is 0.334. The van der Waals surface area contributed by atoms with E-state index in [1.807, 2.05) is 13.0 Å². The summed E-state index contributed by atoms with van der Waals surface area (Å²) in [5.74, 6) is 0.443. The second-order valence-corrected chi connectivity index (χ2v) is 3.90. The Kier molecular flexibility index (Phi) is 6.55. The van der Waals surface area contributed by atoms with Crippen LogP contribution in [0.25, 0.3) is 6.08 Å². The first kappa shape index (κ1) is 16.3. The van der Waals surface area contributed by atoms with Crippen LogP contribution in [0.4, 0.5) is 0 Å². The van der Waals surface area contributed by atoms with E-state index < -0.39 is 5.97 Å². The molecule has 0 bridgehead atoms. The van der Waals surface area contributed by atoms with E-state index in [-0.39, 0.29) is 12.2 Å². The fourth-order valence-electron chi connectivity index (χ4n) is 1.57. The highest BCUT2D eigenvalue weighted by Crippen LogP contribution is 2.28. The van der Waals surface area contributed by atoms with Crippen molar-refractivity contribution in [2.75, 3.05) is 20.3 Å². The van der Waals surface area contributed by atoms with Crippen molar-refractivity contribution in [1.82, 2.24) is 0 Å². The summed E-state index contributed by atoms with van der Waals surface area (Å²) in [4.78, 5) is 11.7. The average molecular weight is 287 g/mol. The molecule has 0 saturated heterocycles. The number of esters is 1. The molecule has 5 heteroatoms. The minimum absolute atomic E-state index is 0.0602. The number of hydrogen-bond donors (Lipinski definition) is 0. The normalized spacial score (nSPS) is 10.4. The minimum atomic E-state index is -0.689. The third-order valence-corrected chi connectivity index (χ3v) is 2.47. The smallest absolute Gasteiger partial charge is 0.349 e. The number of carbonyl (C=O) groups is 1. The summed E-state index contributed by atoms with van der Waals surface area (Å²) in [6.07, 6.45) is 2.88. The van der Waals surface area contributed by atoms with Crippen LogP contribution in [0.5, 0.6) is 11.5 Å². The highest BCUT2D eigenvalue weighted by molar-refractivity contribution is 5.98.